The highest BCUT2D eigenvalue weighted by Crippen LogP contribution is 2.20. The Hall–Kier alpha value is -4.74. The summed E-state index contributed by atoms with van der Waals surface area (Å²) in [6.45, 7) is 7.79. The first-order valence-electron chi connectivity index (χ1n) is 14.0. The zero-order valence-corrected chi connectivity index (χ0v) is 24.2. The molecule has 42 heavy (non-hydrogen) atoms. The minimum absolute atomic E-state index is 0.125. The van der Waals surface area contributed by atoms with E-state index in [4.69, 9.17) is 4.74 Å². The Balaban J connectivity index is 1.64. The quantitative estimate of drug-likeness (QED) is 0.367. The third-order valence-electron chi connectivity index (χ3n) is 6.96. The van der Waals surface area contributed by atoms with Crippen molar-refractivity contribution in [3.05, 3.63) is 77.1 Å². The van der Waals surface area contributed by atoms with Gasteiger partial charge in [-0.1, -0.05) is 55.5 Å². The summed E-state index contributed by atoms with van der Waals surface area (Å²) in [4.78, 5) is 52.9. The molecule has 0 radical (unpaired) electrons. The summed E-state index contributed by atoms with van der Waals surface area (Å²) in [6.07, 6.45) is 1.90. The van der Waals surface area contributed by atoms with Crippen molar-refractivity contribution in [3.63, 3.8) is 0 Å². The van der Waals surface area contributed by atoms with Crippen LogP contribution in [0.15, 0.2) is 54.7 Å². The molecule has 4 amide bonds. The van der Waals surface area contributed by atoms with Crippen LogP contribution in [0.3, 0.4) is 0 Å². The van der Waals surface area contributed by atoms with E-state index in [2.05, 4.69) is 31.6 Å². The van der Waals surface area contributed by atoms with E-state index in [0.717, 1.165) is 11.1 Å². The van der Waals surface area contributed by atoms with Crippen molar-refractivity contribution < 1.29 is 23.9 Å². The molecule has 0 unspecified atom stereocenters. The Kier molecular flexibility index (Phi) is 9.89. The van der Waals surface area contributed by atoms with Crippen LogP contribution in [0.25, 0.3) is 0 Å². The minimum Gasteiger partial charge on any atom is -0.491 e. The van der Waals surface area contributed by atoms with Crippen LogP contribution in [-0.4, -0.2) is 63.4 Å². The lowest BCUT2D eigenvalue weighted by atomic mass is 10.00. The fourth-order valence-corrected chi connectivity index (χ4v) is 4.46. The van der Waals surface area contributed by atoms with Gasteiger partial charge < -0.3 is 26.0 Å². The molecule has 0 saturated heterocycles. The van der Waals surface area contributed by atoms with E-state index in [1.54, 1.807) is 49.8 Å². The van der Waals surface area contributed by atoms with Gasteiger partial charge in [0.1, 0.15) is 36.2 Å². The van der Waals surface area contributed by atoms with Gasteiger partial charge in [-0.25, -0.2) is 4.68 Å². The molecule has 0 aliphatic carbocycles. The molecule has 2 aromatic carbocycles. The number of fused-ring (bicyclic) bond motifs is 4. The van der Waals surface area contributed by atoms with E-state index >= 15 is 0 Å². The molecule has 1 aliphatic heterocycles. The number of carbonyl (C=O) groups is 4. The molecule has 0 saturated carbocycles. The fraction of sp³-hybridized carbons (Fsp3) is 0.400. The van der Waals surface area contributed by atoms with E-state index in [0.29, 0.717) is 23.6 Å². The number of aromatic nitrogens is 3. The first-order valence-corrected chi connectivity index (χ1v) is 14.0. The molecule has 12 nitrogen and oxygen atoms in total. The van der Waals surface area contributed by atoms with E-state index in [1.165, 1.54) is 0 Å². The van der Waals surface area contributed by atoms with Gasteiger partial charge in [-0.3, -0.25) is 19.2 Å². The van der Waals surface area contributed by atoms with E-state index in [9.17, 15) is 19.2 Å². The molecule has 4 N–H and O–H groups in total. The summed E-state index contributed by atoms with van der Waals surface area (Å²) in [6, 6.07) is 11.6. The molecule has 0 spiro atoms. The number of nitrogens with one attached hydrogen (secondary N) is 4. The lowest BCUT2D eigenvalue weighted by Gasteiger charge is -2.26. The molecular formula is C30H37N7O5. The van der Waals surface area contributed by atoms with Crippen LogP contribution < -0.4 is 26.0 Å². The largest absolute Gasteiger partial charge is 0.491 e. The summed E-state index contributed by atoms with van der Waals surface area (Å²) in [5.74, 6) is -1.68. The maximum absolute atomic E-state index is 13.6. The lowest BCUT2D eigenvalue weighted by molar-refractivity contribution is -0.133. The molecule has 2 heterocycles. The van der Waals surface area contributed by atoms with Gasteiger partial charge in [0.15, 0.2) is 0 Å². The average Bonchev–Trinajstić information content (AvgIpc) is 3.42. The number of nitrogens with zero attached hydrogens (tertiary/aromatic N) is 3. The van der Waals surface area contributed by atoms with Crippen molar-refractivity contribution in [2.75, 3.05) is 6.61 Å². The average molecular weight is 576 g/mol. The Bertz CT molecular complexity index is 1420. The summed E-state index contributed by atoms with van der Waals surface area (Å²) in [7, 11) is 0. The van der Waals surface area contributed by atoms with Gasteiger partial charge in [-0.15, -0.1) is 5.10 Å². The van der Waals surface area contributed by atoms with Gasteiger partial charge >= 0.3 is 0 Å². The van der Waals surface area contributed by atoms with Crippen molar-refractivity contribution >= 4 is 23.6 Å². The molecule has 12 heteroatoms. The van der Waals surface area contributed by atoms with Crippen molar-refractivity contribution in [2.45, 2.75) is 65.3 Å². The number of hydrogen-bond acceptors (Lipinski definition) is 7. The number of aryl methyl sites for hydroxylation is 1. The van der Waals surface area contributed by atoms with Gasteiger partial charge in [0.05, 0.1) is 19.3 Å². The van der Waals surface area contributed by atoms with E-state index in [1.807, 2.05) is 37.3 Å². The molecule has 222 valence electrons. The summed E-state index contributed by atoms with van der Waals surface area (Å²) in [5, 5.41) is 19.2. The molecule has 4 bridgehead atoms. The van der Waals surface area contributed by atoms with E-state index < -0.39 is 41.8 Å². The van der Waals surface area contributed by atoms with Crippen molar-refractivity contribution in [1.29, 1.82) is 0 Å². The predicted octanol–water partition coefficient (Wildman–Crippen LogP) is 1.28. The highest BCUT2D eigenvalue weighted by atomic mass is 16.5. The van der Waals surface area contributed by atoms with Crippen molar-refractivity contribution in [2.24, 2.45) is 5.92 Å². The van der Waals surface area contributed by atoms with Crippen molar-refractivity contribution in [1.82, 2.24) is 36.3 Å². The third-order valence-corrected chi connectivity index (χ3v) is 6.96. The van der Waals surface area contributed by atoms with Crippen LogP contribution in [-0.2, 0) is 33.9 Å². The number of benzene rings is 2. The standard InChI is InChI=1S/C30H37N7O5/c1-18(2)26-30(41)32-20(4)27(38)31-16-23-17-37(36-35-23)12-13-42-25-15-22(11-10-19(25)3)28(39)33-24(29(40)34-26)14-21-8-6-5-7-9-21/h5-11,15,17-18,20,24,26H,12-14,16H2,1-4H3,(H,31,38)(H,32,41)(H,33,39)(H,34,40)/t20-,24-,26+/m1/s1. The predicted molar refractivity (Wildman–Crippen MR) is 154 cm³/mol. The summed E-state index contributed by atoms with van der Waals surface area (Å²) >= 11 is 0. The van der Waals surface area contributed by atoms with Crippen LogP contribution in [0.5, 0.6) is 5.75 Å². The highest BCUT2D eigenvalue weighted by molar-refractivity contribution is 5.99. The van der Waals surface area contributed by atoms with Gasteiger partial charge in [0.25, 0.3) is 5.91 Å². The molecule has 1 aromatic heterocycles. The topological polar surface area (TPSA) is 156 Å². The number of amides is 4. The van der Waals surface area contributed by atoms with Crippen LogP contribution in [0.2, 0.25) is 0 Å². The molecule has 0 fully saturated rings. The number of hydrogen-bond donors (Lipinski definition) is 4. The Labute approximate surface area is 244 Å². The van der Waals surface area contributed by atoms with Crippen LogP contribution in [0.1, 0.15) is 48.0 Å². The number of ether oxygens (including phenoxy) is 1. The van der Waals surface area contributed by atoms with Crippen molar-refractivity contribution in [3.8, 4) is 5.75 Å². The van der Waals surface area contributed by atoms with Crippen LogP contribution in [0, 0.1) is 12.8 Å². The lowest BCUT2D eigenvalue weighted by Crippen LogP contribution is -2.58. The maximum atomic E-state index is 13.6. The Morgan fingerprint density at radius 2 is 1.74 bits per heavy atom. The van der Waals surface area contributed by atoms with Gasteiger partial charge in [-0.2, -0.15) is 0 Å². The summed E-state index contributed by atoms with van der Waals surface area (Å²) in [5.41, 5.74) is 2.54. The zero-order valence-electron chi connectivity index (χ0n) is 24.2. The number of carbonyl (C=O) groups excluding carboxylic acids is 4. The Morgan fingerprint density at radius 3 is 2.48 bits per heavy atom. The zero-order chi connectivity index (χ0) is 30.2. The second-order valence-electron chi connectivity index (χ2n) is 10.7. The van der Waals surface area contributed by atoms with Gasteiger partial charge in [-0.05, 0) is 43.0 Å². The first-order chi connectivity index (χ1) is 20.1. The SMILES string of the molecule is Cc1ccc2cc1OCCn1cc(nn1)CNC(=O)[C@@H](C)NC(=O)[C@H](C(C)C)NC(=O)[C@@H](Cc1ccccc1)NC2=O. The molecule has 1 aliphatic rings. The first kappa shape index (κ1) is 30.2. The third kappa shape index (κ3) is 7.93. The molecule has 3 aromatic rings. The molecular weight excluding hydrogens is 538 g/mol. The second kappa shape index (κ2) is 13.7. The van der Waals surface area contributed by atoms with E-state index in [-0.39, 0.29) is 25.5 Å². The highest BCUT2D eigenvalue weighted by Gasteiger charge is 2.31. The van der Waals surface area contributed by atoms with Crippen LogP contribution >= 0.6 is 0 Å². The van der Waals surface area contributed by atoms with Gasteiger partial charge in [0.2, 0.25) is 17.7 Å². The Morgan fingerprint density at radius 1 is 0.976 bits per heavy atom. The smallest absolute Gasteiger partial charge is 0.252 e. The van der Waals surface area contributed by atoms with Gasteiger partial charge in [0, 0.05) is 12.0 Å². The molecule has 4 rings (SSSR count). The summed E-state index contributed by atoms with van der Waals surface area (Å²) < 4.78 is 7.55. The minimum atomic E-state index is -0.976. The molecule has 3 atom stereocenters. The maximum Gasteiger partial charge on any atom is 0.252 e. The normalized spacial score (nSPS) is 20.8. The second-order valence-corrected chi connectivity index (χ2v) is 10.7. The fourth-order valence-electron chi connectivity index (χ4n) is 4.46. The van der Waals surface area contributed by atoms with Crippen LogP contribution in [0.4, 0.5) is 0 Å². The number of rotatable bonds is 3. The monoisotopic (exact) mass is 575 g/mol.